The maximum Gasteiger partial charge on any atom is 0.158 e. The van der Waals surface area contributed by atoms with Crippen LogP contribution in [-0.2, 0) is 21.3 Å². The molecule has 0 aromatic heterocycles. The number of thiocarbonyl (C=S) groups is 1. The average Bonchev–Trinajstić information content (AvgIpc) is 2.38. The van der Waals surface area contributed by atoms with Gasteiger partial charge in [-0.1, -0.05) is 48.6 Å². The number of nitrogens with two attached hydrogens (primary N) is 1. The Kier molecular flexibility index (Phi) is 4.69. The maximum absolute atomic E-state index is 13.1. The zero-order valence-electron chi connectivity index (χ0n) is 11.1. The molecule has 2 rings (SSSR count). The molecule has 2 aromatic carbocycles. The van der Waals surface area contributed by atoms with E-state index in [1.807, 2.05) is 0 Å². The summed E-state index contributed by atoms with van der Waals surface area (Å²) in [7, 11) is -3.37. The summed E-state index contributed by atoms with van der Waals surface area (Å²) in [6, 6.07) is 12.3. The summed E-state index contributed by atoms with van der Waals surface area (Å²) in [5.41, 5.74) is 7.26. The minimum Gasteiger partial charge on any atom is -0.389 e. The Morgan fingerprint density at radius 1 is 1.05 bits per heavy atom. The van der Waals surface area contributed by atoms with Gasteiger partial charge in [0, 0.05) is 5.56 Å². The third-order valence-corrected chi connectivity index (χ3v) is 4.68. The number of sulfone groups is 1. The lowest BCUT2D eigenvalue weighted by Crippen LogP contribution is -2.10. The van der Waals surface area contributed by atoms with Crippen molar-refractivity contribution in [1.82, 2.24) is 0 Å². The summed E-state index contributed by atoms with van der Waals surface area (Å²) in [5.74, 6) is -0.744. The molecular weight excluding hydrogens is 309 g/mol. The molecule has 3 nitrogen and oxygen atoms in total. The number of hydrogen-bond acceptors (Lipinski definition) is 3. The van der Waals surface area contributed by atoms with Gasteiger partial charge in [0.25, 0.3) is 0 Å². The summed E-state index contributed by atoms with van der Waals surface area (Å²) in [5, 5.41) is 0. The molecule has 0 bridgehead atoms. The van der Waals surface area contributed by atoms with E-state index in [4.69, 9.17) is 18.0 Å². The first-order valence-corrected chi connectivity index (χ1v) is 8.42. The van der Waals surface area contributed by atoms with Crippen molar-refractivity contribution in [1.29, 1.82) is 0 Å². The highest BCUT2D eigenvalue weighted by atomic mass is 32.2. The van der Waals surface area contributed by atoms with Crippen LogP contribution in [0.25, 0.3) is 0 Å². The van der Waals surface area contributed by atoms with E-state index in [1.165, 1.54) is 18.2 Å². The van der Waals surface area contributed by atoms with Gasteiger partial charge in [0.2, 0.25) is 0 Å². The SMILES string of the molecule is NC(=S)c1ccc(CS(=O)(=O)Cc2cccc(F)c2)cc1. The summed E-state index contributed by atoms with van der Waals surface area (Å²) in [4.78, 5) is 0.268. The van der Waals surface area contributed by atoms with Crippen LogP contribution in [0.3, 0.4) is 0 Å². The second-order valence-electron chi connectivity index (χ2n) is 4.72. The first kappa shape index (κ1) is 15.6. The minimum absolute atomic E-state index is 0.110. The fraction of sp³-hybridized carbons (Fsp3) is 0.133. The van der Waals surface area contributed by atoms with E-state index in [-0.39, 0.29) is 16.5 Å². The lowest BCUT2D eigenvalue weighted by atomic mass is 10.1. The fourth-order valence-corrected chi connectivity index (χ4v) is 3.58. The molecule has 0 radical (unpaired) electrons. The van der Waals surface area contributed by atoms with Crippen molar-refractivity contribution in [2.75, 3.05) is 0 Å². The number of halogens is 1. The van der Waals surface area contributed by atoms with Crippen LogP contribution in [0.2, 0.25) is 0 Å². The van der Waals surface area contributed by atoms with Gasteiger partial charge in [0.1, 0.15) is 10.8 Å². The van der Waals surface area contributed by atoms with Crippen molar-refractivity contribution in [3.63, 3.8) is 0 Å². The molecule has 0 unspecified atom stereocenters. The number of benzene rings is 2. The average molecular weight is 323 g/mol. The third-order valence-electron chi connectivity index (χ3n) is 2.90. The van der Waals surface area contributed by atoms with Crippen LogP contribution in [-0.4, -0.2) is 13.4 Å². The molecule has 0 atom stereocenters. The van der Waals surface area contributed by atoms with E-state index in [2.05, 4.69) is 0 Å². The smallest absolute Gasteiger partial charge is 0.158 e. The van der Waals surface area contributed by atoms with Crippen LogP contribution in [0.1, 0.15) is 16.7 Å². The molecule has 0 heterocycles. The van der Waals surface area contributed by atoms with Crippen LogP contribution in [0.15, 0.2) is 48.5 Å². The Labute approximate surface area is 128 Å². The second kappa shape index (κ2) is 6.32. The third kappa shape index (κ3) is 4.61. The molecule has 0 saturated heterocycles. The first-order valence-electron chi connectivity index (χ1n) is 6.19. The number of rotatable bonds is 5. The summed E-state index contributed by atoms with van der Waals surface area (Å²) in [6.45, 7) is 0. The molecule has 0 saturated carbocycles. The summed E-state index contributed by atoms with van der Waals surface area (Å²) in [6.07, 6.45) is 0. The van der Waals surface area contributed by atoms with Gasteiger partial charge in [0.15, 0.2) is 9.84 Å². The molecular formula is C15H14FNO2S2. The predicted molar refractivity (Wildman–Crippen MR) is 85.1 cm³/mol. The van der Waals surface area contributed by atoms with E-state index in [9.17, 15) is 12.8 Å². The predicted octanol–water partition coefficient (Wildman–Crippen LogP) is 2.57. The van der Waals surface area contributed by atoms with Crippen LogP contribution in [0.5, 0.6) is 0 Å². The first-order chi connectivity index (χ1) is 9.85. The van der Waals surface area contributed by atoms with Crippen LogP contribution in [0.4, 0.5) is 4.39 Å². The Bertz CT molecular complexity index is 755. The quantitative estimate of drug-likeness (QED) is 0.859. The molecule has 110 valence electrons. The van der Waals surface area contributed by atoms with Gasteiger partial charge in [-0.3, -0.25) is 0 Å². The molecule has 0 spiro atoms. The largest absolute Gasteiger partial charge is 0.389 e. The summed E-state index contributed by atoms with van der Waals surface area (Å²) >= 11 is 4.84. The van der Waals surface area contributed by atoms with E-state index in [1.54, 1.807) is 30.3 Å². The normalized spacial score (nSPS) is 11.3. The molecule has 2 N–H and O–H groups in total. The van der Waals surface area contributed by atoms with Crippen LogP contribution in [0, 0.1) is 5.82 Å². The molecule has 0 aliphatic heterocycles. The van der Waals surface area contributed by atoms with Gasteiger partial charge in [-0.15, -0.1) is 0 Å². The van der Waals surface area contributed by atoms with Crippen molar-refractivity contribution in [2.24, 2.45) is 5.73 Å². The van der Waals surface area contributed by atoms with Crippen molar-refractivity contribution >= 4 is 27.0 Å². The lowest BCUT2D eigenvalue weighted by molar-refractivity contribution is 0.594. The van der Waals surface area contributed by atoms with Gasteiger partial charge in [0.05, 0.1) is 11.5 Å². The fourth-order valence-electron chi connectivity index (χ4n) is 1.95. The van der Waals surface area contributed by atoms with Crippen molar-refractivity contribution < 1.29 is 12.8 Å². The van der Waals surface area contributed by atoms with Crippen molar-refractivity contribution in [2.45, 2.75) is 11.5 Å². The van der Waals surface area contributed by atoms with Crippen LogP contribution >= 0.6 is 12.2 Å². The zero-order chi connectivity index (χ0) is 15.5. The van der Waals surface area contributed by atoms with E-state index >= 15 is 0 Å². The van der Waals surface area contributed by atoms with E-state index < -0.39 is 15.7 Å². The molecule has 6 heteroatoms. The van der Waals surface area contributed by atoms with Gasteiger partial charge in [-0.2, -0.15) is 0 Å². The standard InChI is InChI=1S/C15H14FNO2S2/c16-14-3-1-2-12(8-14)10-21(18,19)9-11-4-6-13(7-5-11)15(17)20/h1-8H,9-10H2,(H2,17,20). The molecule has 0 fully saturated rings. The Hall–Kier alpha value is -1.79. The monoisotopic (exact) mass is 323 g/mol. The lowest BCUT2D eigenvalue weighted by Gasteiger charge is -2.06. The Morgan fingerprint density at radius 3 is 2.24 bits per heavy atom. The Balaban J connectivity index is 2.12. The van der Waals surface area contributed by atoms with Crippen molar-refractivity contribution in [3.05, 3.63) is 71.0 Å². The maximum atomic E-state index is 13.1. The van der Waals surface area contributed by atoms with E-state index in [0.717, 1.165) is 0 Å². The van der Waals surface area contributed by atoms with E-state index in [0.29, 0.717) is 16.7 Å². The molecule has 0 aliphatic rings. The van der Waals surface area contributed by atoms with Gasteiger partial charge < -0.3 is 5.73 Å². The van der Waals surface area contributed by atoms with Gasteiger partial charge in [-0.05, 0) is 23.3 Å². The highest BCUT2D eigenvalue weighted by Crippen LogP contribution is 2.14. The molecule has 21 heavy (non-hydrogen) atoms. The minimum atomic E-state index is -3.37. The van der Waals surface area contributed by atoms with Crippen molar-refractivity contribution in [3.8, 4) is 0 Å². The molecule has 2 aromatic rings. The number of hydrogen-bond donors (Lipinski definition) is 1. The second-order valence-corrected chi connectivity index (χ2v) is 7.23. The highest BCUT2D eigenvalue weighted by molar-refractivity contribution is 7.89. The molecule has 0 aliphatic carbocycles. The van der Waals surface area contributed by atoms with Crippen LogP contribution < -0.4 is 5.73 Å². The summed E-state index contributed by atoms with van der Waals surface area (Å²) < 4.78 is 37.3. The van der Waals surface area contributed by atoms with Gasteiger partial charge >= 0.3 is 0 Å². The Morgan fingerprint density at radius 2 is 1.67 bits per heavy atom. The molecule has 0 amide bonds. The zero-order valence-corrected chi connectivity index (χ0v) is 12.8. The topological polar surface area (TPSA) is 60.2 Å². The highest BCUT2D eigenvalue weighted by Gasteiger charge is 2.13. The van der Waals surface area contributed by atoms with Gasteiger partial charge in [-0.25, -0.2) is 12.8 Å².